The highest BCUT2D eigenvalue weighted by Gasteiger charge is 1.99. The van der Waals surface area contributed by atoms with Gasteiger partial charge < -0.3 is 5.32 Å². The lowest BCUT2D eigenvalue weighted by Gasteiger charge is -2.02. The molecule has 5 heteroatoms. The van der Waals surface area contributed by atoms with E-state index in [2.05, 4.69) is 15.4 Å². The van der Waals surface area contributed by atoms with E-state index in [1.54, 1.807) is 6.33 Å². The van der Waals surface area contributed by atoms with Gasteiger partial charge in [0, 0.05) is 19.0 Å². The minimum Gasteiger partial charge on any atom is -0.309 e. The zero-order valence-electron chi connectivity index (χ0n) is 7.13. The van der Waals surface area contributed by atoms with Gasteiger partial charge in [0.25, 0.3) is 0 Å². The molecule has 1 aromatic heterocycles. The van der Waals surface area contributed by atoms with Crippen molar-refractivity contribution in [3.63, 3.8) is 0 Å². The van der Waals surface area contributed by atoms with E-state index < -0.39 is 0 Å². The molecule has 0 bridgehead atoms. The molecule has 0 amide bonds. The van der Waals surface area contributed by atoms with Crippen molar-refractivity contribution in [3.05, 3.63) is 12.2 Å². The van der Waals surface area contributed by atoms with E-state index in [0.29, 0.717) is 5.88 Å². The lowest BCUT2D eigenvalue weighted by atomic mass is 10.5. The van der Waals surface area contributed by atoms with Gasteiger partial charge in [0.1, 0.15) is 12.2 Å². The monoisotopic (exact) mass is 188 g/mol. The number of halogens is 1. The van der Waals surface area contributed by atoms with Crippen molar-refractivity contribution < 1.29 is 0 Å². The third-order valence-corrected chi connectivity index (χ3v) is 1.74. The van der Waals surface area contributed by atoms with Gasteiger partial charge >= 0.3 is 0 Å². The fourth-order valence-corrected chi connectivity index (χ4v) is 1.09. The standard InChI is InChI=1S/C7H13ClN4/c1-2-12-7(10-6-11-12)5-9-4-3-8/h6,9H,2-5H2,1H3. The molecule has 0 aromatic carbocycles. The first-order valence-corrected chi connectivity index (χ1v) is 4.55. The smallest absolute Gasteiger partial charge is 0.140 e. The first-order valence-electron chi connectivity index (χ1n) is 4.01. The Kier molecular flexibility index (Phi) is 4.04. The molecule has 0 aliphatic carbocycles. The Morgan fingerprint density at radius 1 is 1.67 bits per heavy atom. The van der Waals surface area contributed by atoms with Crippen LogP contribution in [0.5, 0.6) is 0 Å². The van der Waals surface area contributed by atoms with Gasteiger partial charge in [0.15, 0.2) is 0 Å². The number of aryl methyl sites for hydroxylation is 1. The molecule has 0 aliphatic heterocycles. The van der Waals surface area contributed by atoms with Gasteiger partial charge in [0.2, 0.25) is 0 Å². The molecule has 0 spiro atoms. The van der Waals surface area contributed by atoms with Crippen molar-refractivity contribution in [1.29, 1.82) is 0 Å². The van der Waals surface area contributed by atoms with Gasteiger partial charge in [-0.15, -0.1) is 11.6 Å². The van der Waals surface area contributed by atoms with E-state index in [1.165, 1.54) is 0 Å². The summed E-state index contributed by atoms with van der Waals surface area (Å²) in [5.74, 6) is 1.59. The molecular weight excluding hydrogens is 176 g/mol. The molecular formula is C7H13ClN4. The number of aromatic nitrogens is 3. The summed E-state index contributed by atoms with van der Waals surface area (Å²) < 4.78 is 1.86. The summed E-state index contributed by atoms with van der Waals surface area (Å²) in [6.45, 7) is 4.44. The van der Waals surface area contributed by atoms with Crippen LogP contribution in [-0.4, -0.2) is 27.2 Å². The van der Waals surface area contributed by atoms with Crippen LogP contribution in [0.25, 0.3) is 0 Å². The van der Waals surface area contributed by atoms with E-state index in [9.17, 15) is 0 Å². The molecule has 0 atom stereocenters. The topological polar surface area (TPSA) is 42.7 Å². The van der Waals surface area contributed by atoms with Gasteiger partial charge in [-0.05, 0) is 6.92 Å². The molecule has 0 saturated heterocycles. The summed E-state index contributed by atoms with van der Waals surface area (Å²) in [6.07, 6.45) is 1.57. The first kappa shape index (κ1) is 9.48. The zero-order chi connectivity index (χ0) is 8.81. The highest BCUT2D eigenvalue weighted by molar-refractivity contribution is 6.18. The normalized spacial score (nSPS) is 10.5. The Morgan fingerprint density at radius 3 is 3.17 bits per heavy atom. The second-order valence-corrected chi connectivity index (χ2v) is 2.74. The summed E-state index contributed by atoms with van der Waals surface area (Å²) >= 11 is 5.51. The van der Waals surface area contributed by atoms with E-state index in [-0.39, 0.29) is 0 Å². The average molecular weight is 189 g/mol. The largest absolute Gasteiger partial charge is 0.309 e. The maximum atomic E-state index is 5.51. The van der Waals surface area contributed by atoms with Crippen LogP contribution < -0.4 is 5.32 Å². The summed E-state index contributed by atoms with van der Waals surface area (Å²) in [5.41, 5.74) is 0. The lowest BCUT2D eigenvalue weighted by Crippen LogP contribution is -2.19. The maximum absolute atomic E-state index is 5.51. The van der Waals surface area contributed by atoms with Crippen LogP contribution in [0.1, 0.15) is 12.7 Å². The molecule has 12 heavy (non-hydrogen) atoms. The zero-order valence-corrected chi connectivity index (χ0v) is 7.88. The van der Waals surface area contributed by atoms with E-state index in [1.807, 2.05) is 11.6 Å². The number of nitrogens with one attached hydrogen (secondary N) is 1. The summed E-state index contributed by atoms with van der Waals surface area (Å²) in [7, 11) is 0. The van der Waals surface area contributed by atoms with Crippen LogP contribution in [0.4, 0.5) is 0 Å². The predicted octanol–water partition coefficient (Wildman–Crippen LogP) is 0.626. The summed E-state index contributed by atoms with van der Waals surface area (Å²) in [6, 6.07) is 0. The van der Waals surface area contributed by atoms with E-state index in [0.717, 1.165) is 25.5 Å². The fourth-order valence-electron chi connectivity index (χ4n) is 0.956. The van der Waals surface area contributed by atoms with Crippen LogP contribution in [-0.2, 0) is 13.1 Å². The fraction of sp³-hybridized carbons (Fsp3) is 0.714. The number of hydrogen-bond acceptors (Lipinski definition) is 3. The molecule has 1 heterocycles. The van der Waals surface area contributed by atoms with Crippen molar-refractivity contribution >= 4 is 11.6 Å². The highest BCUT2D eigenvalue weighted by Crippen LogP contribution is 1.92. The molecule has 1 aromatic rings. The van der Waals surface area contributed by atoms with Crippen LogP contribution in [0.2, 0.25) is 0 Å². The van der Waals surface area contributed by atoms with Gasteiger partial charge in [-0.25, -0.2) is 9.67 Å². The van der Waals surface area contributed by atoms with Crippen molar-refractivity contribution in [1.82, 2.24) is 20.1 Å². The Balaban J connectivity index is 2.39. The minimum atomic E-state index is 0.625. The molecule has 0 unspecified atom stereocenters. The molecule has 4 nitrogen and oxygen atoms in total. The van der Waals surface area contributed by atoms with Crippen LogP contribution >= 0.6 is 11.6 Å². The molecule has 68 valence electrons. The Bertz CT molecular complexity index is 223. The van der Waals surface area contributed by atoms with Crippen LogP contribution in [0.3, 0.4) is 0 Å². The molecule has 0 saturated carbocycles. The van der Waals surface area contributed by atoms with E-state index in [4.69, 9.17) is 11.6 Å². The third-order valence-electron chi connectivity index (χ3n) is 1.55. The quantitative estimate of drug-likeness (QED) is 0.545. The summed E-state index contributed by atoms with van der Waals surface area (Å²) in [4.78, 5) is 4.11. The van der Waals surface area contributed by atoms with Crippen molar-refractivity contribution in [2.45, 2.75) is 20.0 Å². The number of alkyl halides is 1. The Hall–Kier alpha value is -0.610. The van der Waals surface area contributed by atoms with E-state index >= 15 is 0 Å². The average Bonchev–Trinajstić information content (AvgIpc) is 2.52. The third kappa shape index (κ3) is 2.46. The highest BCUT2D eigenvalue weighted by atomic mass is 35.5. The number of hydrogen-bond donors (Lipinski definition) is 1. The minimum absolute atomic E-state index is 0.625. The summed E-state index contributed by atoms with van der Waals surface area (Å²) in [5, 5.41) is 7.20. The molecule has 0 radical (unpaired) electrons. The number of nitrogens with zero attached hydrogens (tertiary/aromatic N) is 3. The Morgan fingerprint density at radius 2 is 2.50 bits per heavy atom. The first-order chi connectivity index (χ1) is 5.88. The molecule has 1 rings (SSSR count). The molecule has 0 fully saturated rings. The van der Waals surface area contributed by atoms with Crippen LogP contribution in [0, 0.1) is 0 Å². The molecule has 0 aliphatic rings. The number of rotatable bonds is 5. The second-order valence-electron chi connectivity index (χ2n) is 2.36. The van der Waals surface area contributed by atoms with Crippen molar-refractivity contribution in [2.24, 2.45) is 0 Å². The van der Waals surface area contributed by atoms with Gasteiger partial charge in [-0.1, -0.05) is 0 Å². The predicted molar refractivity (Wildman–Crippen MR) is 48.1 cm³/mol. The van der Waals surface area contributed by atoms with Gasteiger partial charge in [0.05, 0.1) is 6.54 Å². The van der Waals surface area contributed by atoms with Gasteiger partial charge in [-0.2, -0.15) is 5.10 Å². The maximum Gasteiger partial charge on any atom is 0.140 e. The van der Waals surface area contributed by atoms with Crippen molar-refractivity contribution in [2.75, 3.05) is 12.4 Å². The Labute approximate surface area is 76.9 Å². The molecule has 1 N–H and O–H groups in total. The lowest BCUT2D eigenvalue weighted by molar-refractivity contribution is 0.581. The van der Waals surface area contributed by atoms with Crippen LogP contribution in [0.15, 0.2) is 6.33 Å². The van der Waals surface area contributed by atoms with Crippen molar-refractivity contribution in [3.8, 4) is 0 Å². The van der Waals surface area contributed by atoms with Gasteiger partial charge in [-0.3, -0.25) is 0 Å². The SMILES string of the molecule is CCn1ncnc1CNCCCl. The second kappa shape index (κ2) is 5.11.